The molecule has 2 N–H and O–H groups in total. The largest absolute Gasteiger partial charge is 0.326 e. The van der Waals surface area contributed by atoms with Crippen LogP contribution in [0.5, 0.6) is 0 Å². The first-order chi connectivity index (χ1) is 8.95. The normalized spacial score (nSPS) is 17.3. The zero-order valence-electron chi connectivity index (χ0n) is 10.8. The van der Waals surface area contributed by atoms with Crippen molar-refractivity contribution in [2.45, 2.75) is 24.8 Å². The van der Waals surface area contributed by atoms with Crippen LogP contribution >= 0.6 is 15.9 Å². The highest BCUT2D eigenvalue weighted by Crippen LogP contribution is 2.27. The van der Waals surface area contributed by atoms with E-state index >= 15 is 0 Å². The lowest BCUT2D eigenvalue weighted by atomic mass is 10.1. The summed E-state index contributed by atoms with van der Waals surface area (Å²) in [6, 6.07) is 5.20. The van der Waals surface area contributed by atoms with E-state index in [9.17, 15) is 8.42 Å². The third kappa shape index (κ3) is 3.08. The maximum Gasteiger partial charge on any atom is 0.244 e. The molecule has 0 fully saturated rings. The smallest absolute Gasteiger partial charge is 0.244 e. The Kier molecular flexibility index (Phi) is 4.45. The molecule has 104 valence electrons. The van der Waals surface area contributed by atoms with Crippen LogP contribution in [0.15, 0.2) is 39.2 Å². The number of sulfonamides is 1. The number of hydrogen-bond donors (Lipinski definition) is 1. The zero-order valence-corrected chi connectivity index (χ0v) is 13.2. The fourth-order valence-electron chi connectivity index (χ4n) is 1.98. The number of benzene rings is 1. The van der Waals surface area contributed by atoms with E-state index in [0.717, 1.165) is 12.0 Å². The van der Waals surface area contributed by atoms with Gasteiger partial charge in [0.1, 0.15) is 0 Å². The molecule has 1 aliphatic heterocycles. The standard InChI is InChI=1S/C13H17BrN2O2S/c1-10-4-6-16(7-5-10)19(17,18)13-8-11(9-15)2-3-12(13)14/h2-4,8H,5-7,9,15H2,1H3. The van der Waals surface area contributed by atoms with Gasteiger partial charge in [0.05, 0.1) is 4.90 Å². The highest BCUT2D eigenvalue weighted by molar-refractivity contribution is 9.10. The van der Waals surface area contributed by atoms with Crippen LogP contribution in [0, 0.1) is 0 Å². The Morgan fingerprint density at radius 3 is 2.74 bits per heavy atom. The van der Waals surface area contributed by atoms with Gasteiger partial charge in [-0.1, -0.05) is 17.7 Å². The van der Waals surface area contributed by atoms with Crippen LogP contribution in [-0.2, 0) is 16.6 Å². The molecule has 2 rings (SSSR count). The van der Waals surface area contributed by atoms with Gasteiger partial charge < -0.3 is 5.73 Å². The first kappa shape index (κ1) is 14.7. The lowest BCUT2D eigenvalue weighted by Gasteiger charge is -2.25. The highest BCUT2D eigenvalue weighted by Gasteiger charge is 2.27. The quantitative estimate of drug-likeness (QED) is 0.855. The molecule has 0 bridgehead atoms. The van der Waals surface area contributed by atoms with Crippen molar-refractivity contribution in [1.82, 2.24) is 4.31 Å². The lowest BCUT2D eigenvalue weighted by Crippen LogP contribution is -2.34. The van der Waals surface area contributed by atoms with Gasteiger partial charge in [0, 0.05) is 24.1 Å². The molecule has 0 saturated heterocycles. The second-order valence-corrected chi connectivity index (χ2v) is 7.39. The van der Waals surface area contributed by atoms with Gasteiger partial charge in [-0.15, -0.1) is 0 Å². The van der Waals surface area contributed by atoms with Crippen LogP contribution in [0.25, 0.3) is 0 Å². The van der Waals surface area contributed by atoms with Gasteiger partial charge in [0.2, 0.25) is 10.0 Å². The maximum atomic E-state index is 12.6. The second-order valence-electron chi connectivity index (χ2n) is 4.63. The molecular weight excluding hydrogens is 328 g/mol. The van der Waals surface area contributed by atoms with E-state index < -0.39 is 10.0 Å². The molecule has 6 heteroatoms. The van der Waals surface area contributed by atoms with E-state index in [1.807, 2.05) is 19.1 Å². The molecule has 4 nitrogen and oxygen atoms in total. The first-order valence-electron chi connectivity index (χ1n) is 6.09. The Morgan fingerprint density at radius 2 is 2.16 bits per heavy atom. The van der Waals surface area contributed by atoms with E-state index in [2.05, 4.69) is 15.9 Å². The SMILES string of the molecule is CC1=CCN(S(=O)(=O)c2cc(CN)ccc2Br)CC1. The van der Waals surface area contributed by atoms with Crippen LogP contribution in [-0.4, -0.2) is 25.8 Å². The number of nitrogens with zero attached hydrogens (tertiary/aromatic N) is 1. The summed E-state index contributed by atoms with van der Waals surface area (Å²) in [5.74, 6) is 0. The van der Waals surface area contributed by atoms with Crippen molar-refractivity contribution >= 4 is 26.0 Å². The molecule has 0 radical (unpaired) electrons. The summed E-state index contributed by atoms with van der Waals surface area (Å²) < 4.78 is 27.3. The van der Waals surface area contributed by atoms with Crippen molar-refractivity contribution in [1.29, 1.82) is 0 Å². The Hall–Kier alpha value is -0.690. The van der Waals surface area contributed by atoms with Crippen molar-refractivity contribution in [3.8, 4) is 0 Å². The monoisotopic (exact) mass is 344 g/mol. The molecule has 1 heterocycles. The third-order valence-corrected chi connectivity index (χ3v) is 6.11. The highest BCUT2D eigenvalue weighted by atomic mass is 79.9. The molecule has 1 aliphatic rings. The fourth-order valence-corrected chi connectivity index (χ4v) is 4.34. The molecule has 19 heavy (non-hydrogen) atoms. The molecule has 0 spiro atoms. The van der Waals surface area contributed by atoms with Crippen molar-refractivity contribution in [2.75, 3.05) is 13.1 Å². The van der Waals surface area contributed by atoms with Crippen molar-refractivity contribution in [3.63, 3.8) is 0 Å². The molecule has 0 atom stereocenters. The van der Waals surface area contributed by atoms with Gasteiger partial charge in [-0.3, -0.25) is 0 Å². The van der Waals surface area contributed by atoms with E-state index in [-0.39, 0.29) is 0 Å². The molecule has 1 aromatic carbocycles. The van der Waals surface area contributed by atoms with E-state index in [4.69, 9.17) is 5.73 Å². The van der Waals surface area contributed by atoms with E-state index in [0.29, 0.717) is 29.0 Å². The van der Waals surface area contributed by atoms with Gasteiger partial charge in [-0.25, -0.2) is 8.42 Å². The first-order valence-corrected chi connectivity index (χ1v) is 8.32. The number of halogens is 1. The maximum absolute atomic E-state index is 12.6. The minimum absolute atomic E-state index is 0.295. The molecule has 0 saturated carbocycles. The van der Waals surface area contributed by atoms with Crippen molar-refractivity contribution < 1.29 is 8.42 Å². The second kappa shape index (κ2) is 5.75. The molecule has 0 aromatic heterocycles. The summed E-state index contributed by atoms with van der Waals surface area (Å²) in [5, 5.41) is 0. The Balaban J connectivity index is 2.39. The Morgan fingerprint density at radius 1 is 1.42 bits per heavy atom. The van der Waals surface area contributed by atoms with E-state index in [1.165, 1.54) is 9.88 Å². The summed E-state index contributed by atoms with van der Waals surface area (Å²) in [6.45, 7) is 3.32. The predicted molar refractivity (Wildman–Crippen MR) is 79.2 cm³/mol. The zero-order chi connectivity index (χ0) is 14.0. The molecule has 0 aliphatic carbocycles. The lowest BCUT2D eigenvalue weighted by molar-refractivity contribution is 0.431. The van der Waals surface area contributed by atoms with Crippen molar-refractivity contribution in [3.05, 3.63) is 39.9 Å². The molecule has 0 unspecified atom stereocenters. The molecular formula is C13H17BrN2O2S. The van der Waals surface area contributed by atoms with Crippen LogP contribution in [0.2, 0.25) is 0 Å². The minimum Gasteiger partial charge on any atom is -0.326 e. The molecule has 1 aromatic rings. The van der Waals surface area contributed by atoms with Gasteiger partial charge in [-0.2, -0.15) is 4.31 Å². The molecule has 0 amide bonds. The van der Waals surface area contributed by atoms with Gasteiger partial charge in [0.15, 0.2) is 0 Å². The fraction of sp³-hybridized carbons (Fsp3) is 0.385. The summed E-state index contributed by atoms with van der Waals surface area (Å²) in [6.07, 6.45) is 2.75. The van der Waals surface area contributed by atoms with Gasteiger partial charge in [-0.05, 0) is 47.0 Å². The Labute approximate surface area is 122 Å². The van der Waals surface area contributed by atoms with E-state index in [1.54, 1.807) is 12.1 Å². The average molecular weight is 345 g/mol. The number of hydrogen-bond acceptors (Lipinski definition) is 3. The number of nitrogens with two attached hydrogens (primary N) is 1. The summed E-state index contributed by atoms with van der Waals surface area (Å²) in [5.41, 5.74) is 7.62. The summed E-state index contributed by atoms with van der Waals surface area (Å²) in [4.78, 5) is 0.295. The summed E-state index contributed by atoms with van der Waals surface area (Å²) in [7, 11) is -3.46. The third-order valence-electron chi connectivity index (χ3n) is 3.25. The topological polar surface area (TPSA) is 63.4 Å². The van der Waals surface area contributed by atoms with Gasteiger partial charge >= 0.3 is 0 Å². The minimum atomic E-state index is -3.46. The summed E-state index contributed by atoms with van der Waals surface area (Å²) >= 11 is 3.31. The average Bonchev–Trinajstić information content (AvgIpc) is 2.39. The van der Waals surface area contributed by atoms with Crippen molar-refractivity contribution in [2.24, 2.45) is 5.73 Å². The number of rotatable bonds is 3. The Bertz CT molecular complexity index is 611. The van der Waals surface area contributed by atoms with Crippen LogP contribution in [0.1, 0.15) is 18.9 Å². The van der Waals surface area contributed by atoms with Crippen LogP contribution < -0.4 is 5.73 Å². The predicted octanol–water partition coefficient (Wildman–Crippen LogP) is 2.25. The van der Waals surface area contributed by atoms with Crippen LogP contribution in [0.4, 0.5) is 0 Å². The van der Waals surface area contributed by atoms with Gasteiger partial charge in [0.25, 0.3) is 0 Å². The van der Waals surface area contributed by atoms with Crippen LogP contribution in [0.3, 0.4) is 0 Å².